The molecule has 0 aromatic heterocycles. The minimum Gasteiger partial charge on any atom is -0.393 e. The Morgan fingerprint density at radius 2 is 1.51 bits per heavy atom. The lowest BCUT2D eigenvalue weighted by atomic mass is 9.43. The van der Waals surface area contributed by atoms with E-state index in [0.29, 0.717) is 22.2 Å². The molecule has 35 heavy (non-hydrogen) atoms. The third kappa shape index (κ3) is 4.98. The van der Waals surface area contributed by atoms with Crippen molar-refractivity contribution in [3.8, 4) is 0 Å². The molecule has 0 aliphatic heterocycles. The van der Waals surface area contributed by atoms with Gasteiger partial charge in [0.05, 0.1) is 6.10 Å². The Morgan fingerprint density at radius 1 is 0.886 bits per heavy atom. The van der Waals surface area contributed by atoms with Crippen molar-refractivity contribution in [1.82, 2.24) is 0 Å². The van der Waals surface area contributed by atoms with Crippen LogP contribution in [0.2, 0.25) is 0 Å². The monoisotopic (exact) mass is 486 g/mol. The Bertz CT molecular complexity index is 767. The third-order valence-electron chi connectivity index (χ3n) is 11.7. The number of aliphatic hydroxyl groups excluding tert-OH is 1. The lowest BCUT2D eigenvalue weighted by Gasteiger charge is -2.62. The van der Waals surface area contributed by atoms with Gasteiger partial charge in [0.15, 0.2) is 0 Å². The van der Waals surface area contributed by atoms with E-state index in [9.17, 15) is 5.11 Å². The van der Waals surface area contributed by atoms with E-state index in [1.54, 1.807) is 0 Å². The van der Waals surface area contributed by atoms with Crippen molar-refractivity contribution < 1.29 is 5.11 Å². The quantitative estimate of drug-likeness (QED) is 0.392. The van der Waals surface area contributed by atoms with Crippen LogP contribution in [0.1, 0.15) is 147 Å². The van der Waals surface area contributed by atoms with Gasteiger partial charge >= 0.3 is 0 Å². The van der Waals surface area contributed by atoms with Gasteiger partial charge in [0.2, 0.25) is 0 Å². The molecule has 0 amide bonds. The molecule has 2 fully saturated rings. The number of aliphatic hydroxyl groups is 1. The molecule has 2 saturated carbocycles. The van der Waals surface area contributed by atoms with Crippen molar-refractivity contribution in [2.24, 2.45) is 39.4 Å². The molecule has 4 rings (SSSR count). The zero-order valence-electron chi connectivity index (χ0n) is 25.9. The van der Waals surface area contributed by atoms with E-state index in [2.05, 4.69) is 61.5 Å². The summed E-state index contributed by atoms with van der Waals surface area (Å²) in [5, 5.41) is 10.8. The SMILES string of the molecule is CC.CC.CC(C)=CCC[C@@H](C)[C@H]1CC[C@@]2(C)C3=C(CC[C@]12C)[C@@]1(C)CC[C@H](O)C(C)(C)[C@@H]1CC3. The van der Waals surface area contributed by atoms with Gasteiger partial charge in [0, 0.05) is 0 Å². The summed E-state index contributed by atoms with van der Waals surface area (Å²) in [5.41, 5.74) is 6.41. The number of fused-ring (bicyclic) bond motifs is 4. The summed E-state index contributed by atoms with van der Waals surface area (Å²) in [7, 11) is 0. The maximum Gasteiger partial charge on any atom is 0.0594 e. The Kier molecular flexibility index (Phi) is 10.0. The molecule has 1 heteroatoms. The molecule has 0 aromatic carbocycles. The summed E-state index contributed by atoms with van der Waals surface area (Å²) in [5.74, 6) is 2.32. The van der Waals surface area contributed by atoms with Gasteiger partial charge in [-0.2, -0.15) is 0 Å². The topological polar surface area (TPSA) is 20.2 Å². The molecule has 0 bridgehead atoms. The molecular formula is C34H62O. The molecule has 4 aliphatic rings. The number of hydrogen-bond donors (Lipinski definition) is 1. The maximum absolute atomic E-state index is 10.8. The van der Waals surface area contributed by atoms with Crippen LogP contribution in [-0.4, -0.2) is 11.2 Å². The standard InChI is InChI=1S/C30H50O.2C2H6/c1-20(2)10-9-11-21(3)22-14-18-30(8)24-12-13-25-27(4,5)26(31)16-17-28(25,6)23(24)15-19-29(22,30)7;2*1-2/h10,21-22,25-26,31H,9,11-19H2,1-8H3;2*1-2H3/t21-,22-,25+,26+,28-,29-,30+;;/m1../s1. The second-order valence-electron chi connectivity index (χ2n) is 13.6. The fourth-order valence-electron chi connectivity index (χ4n) is 9.47. The lowest BCUT2D eigenvalue weighted by molar-refractivity contribution is -0.0962. The van der Waals surface area contributed by atoms with Crippen LogP contribution in [0.15, 0.2) is 22.8 Å². The fourth-order valence-corrected chi connectivity index (χ4v) is 9.47. The van der Waals surface area contributed by atoms with Gasteiger partial charge in [0.25, 0.3) is 0 Å². The lowest BCUT2D eigenvalue weighted by Crippen LogP contribution is -2.55. The fraction of sp³-hybridized carbons (Fsp3) is 0.882. The minimum atomic E-state index is -0.130. The van der Waals surface area contributed by atoms with Crippen LogP contribution >= 0.6 is 0 Å². The molecule has 1 nitrogen and oxygen atoms in total. The van der Waals surface area contributed by atoms with Crippen LogP contribution < -0.4 is 0 Å². The first-order chi connectivity index (χ1) is 16.4. The molecule has 1 N–H and O–H groups in total. The van der Waals surface area contributed by atoms with Crippen molar-refractivity contribution in [3.05, 3.63) is 22.8 Å². The highest BCUT2D eigenvalue weighted by molar-refractivity contribution is 5.38. The summed E-state index contributed by atoms with van der Waals surface area (Å²) in [6.07, 6.45) is 15.2. The van der Waals surface area contributed by atoms with Gasteiger partial charge in [-0.3, -0.25) is 0 Å². The van der Waals surface area contributed by atoms with Crippen molar-refractivity contribution in [1.29, 1.82) is 0 Å². The third-order valence-corrected chi connectivity index (χ3v) is 11.7. The second kappa shape index (κ2) is 11.4. The Hall–Kier alpha value is -0.560. The zero-order chi connectivity index (χ0) is 26.8. The van der Waals surface area contributed by atoms with E-state index < -0.39 is 0 Å². The van der Waals surface area contributed by atoms with Crippen LogP contribution in [-0.2, 0) is 0 Å². The first-order valence-electron chi connectivity index (χ1n) is 15.4. The summed E-state index contributed by atoms with van der Waals surface area (Å²) >= 11 is 0. The van der Waals surface area contributed by atoms with Gasteiger partial charge in [0.1, 0.15) is 0 Å². The Morgan fingerprint density at radius 3 is 2.11 bits per heavy atom. The van der Waals surface area contributed by atoms with Crippen molar-refractivity contribution >= 4 is 0 Å². The number of hydrogen-bond acceptors (Lipinski definition) is 1. The van der Waals surface area contributed by atoms with Crippen LogP contribution in [0.25, 0.3) is 0 Å². The first kappa shape index (κ1) is 30.7. The van der Waals surface area contributed by atoms with Gasteiger partial charge in [-0.25, -0.2) is 0 Å². The van der Waals surface area contributed by atoms with Gasteiger partial charge < -0.3 is 5.11 Å². The molecule has 0 unspecified atom stereocenters. The largest absolute Gasteiger partial charge is 0.393 e. The van der Waals surface area contributed by atoms with E-state index in [-0.39, 0.29) is 11.5 Å². The molecule has 0 heterocycles. The average Bonchev–Trinajstić information content (AvgIpc) is 3.10. The van der Waals surface area contributed by atoms with Crippen molar-refractivity contribution in [2.45, 2.75) is 153 Å². The molecule has 4 aliphatic carbocycles. The predicted octanol–water partition coefficient (Wildman–Crippen LogP) is 10.5. The molecule has 0 aromatic rings. The number of allylic oxidation sites excluding steroid dienone is 4. The molecule has 204 valence electrons. The number of rotatable bonds is 4. The van der Waals surface area contributed by atoms with Crippen LogP contribution in [0, 0.1) is 39.4 Å². The summed E-state index contributed by atoms with van der Waals surface area (Å²) in [6, 6.07) is 0. The van der Waals surface area contributed by atoms with Crippen LogP contribution in [0.4, 0.5) is 0 Å². The second-order valence-corrected chi connectivity index (χ2v) is 13.6. The smallest absolute Gasteiger partial charge is 0.0594 e. The van der Waals surface area contributed by atoms with Gasteiger partial charge in [-0.1, -0.05) is 92.0 Å². The van der Waals surface area contributed by atoms with Crippen LogP contribution in [0.5, 0.6) is 0 Å². The van der Waals surface area contributed by atoms with E-state index in [1.165, 1.54) is 63.4 Å². The molecule has 0 spiro atoms. The highest BCUT2D eigenvalue weighted by Crippen LogP contribution is 2.72. The molecule has 7 atom stereocenters. The highest BCUT2D eigenvalue weighted by atomic mass is 16.3. The van der Waals surface area contributed by atoms with E-state index in [0.717, 1.165) is 18.3 Å². The Labute approximate surface area is 220 Å². The van der Waals surface area contributed by atoms with Crippen molar-refractivity contribution in [2.75, 3.05) is 0 Å². The first-order valence-corrected chi connectivity index (χ1v) is 15.4. The van der Waals surface area contributed by atoms with E-state index in [4.69, 9.17) is 0 Å². The maximum atomic E-state index is 10.8. The zero-order valence-corrected chi connectivity index (χ0v) is 25.9. The molecular weight excluding hydrogens is 424 g/mol. The molecule has 0 saturated heterocycles. The van der Waals surface area contributed by atoms with E-state index in [1.807, 2.05) is 38.8 Å². The van der Waals surface area contributed by atoms with Crippen LogP contribution in [0.3, 0.4) is 0 Å². The summed E-state index contributed by atoms with van der Waals surface area (Å²) in [4.78, 5) is 0. The summed E-state index contributed by atoms with van der Waals surface area (Å²) in [6.45, 7) is 27.6. The normalized spacial score (nSPS) is 40.1. The van der Waals surface area contributed by atoms with E-state index >= 15 is 0 Å². The minimum absolute atomic E-state index is 0.0465. The summed E-state index contributed by atoms with van der Waals surface area (Å²) < 4.78 is 0. The Balaban J connectivity index is 0.00000103. The molecule has 0 radical (unpaired) electrons. The highest BCUT2D eigenvalue weighted by Gasteiger charge is 2.63. The predicted molar refractivity (Wildman–Crippen MR) is 156 cm³/mol. The van der Waals surface area contributed by atoms with Gasteiger partial charge in [-0.15, -0.1) is 0 Å². The van der Waals surface area contributed by atoms with Gasteiger partial charge in [-0.05, 0) is 117 Å². The van der Waals surface area contributed by atoms with Crippen molar-refractivity contribution in [3.63, 3.8) is 0 Å². The average molecular weight is 487 g/mol.